The van der Waals surface area contributed by atoms with Crippen LogP contribution in [0.1, 0.15) is 36.8 Å². The smallest absolute Gasteiger partial charge is 0.0366 e. The second-order valence-corrected chi connectivity index (χ2v) is 12.3. The van der Waals surface area contributed by atoms with Crippen molar-refractivity contribution >= 4 is 47.4 Å². The van der Waals surface area contributed by atoms with E-state index in [0.717, 1.165) is 16.3 Å². The molecule has 160 valence electrons. The molecule has 2 fully saturated rings. The molecule has 0 aliphatic heterocycles. The molecular formula is C31H23BrS. The highest BCUT2D eigenvalue weighted by Gasteiger charge is 2.56. The van der Waals surface area contributed by atoms with Crippen molar-refractivity contribution in [2.75, 3.05) is 0 Å². The Bertz CT molecular complexity index is 1610. The lowest BCUT2D eigenvalue weighted by Crippen LogP contribution is -2.31. The van der Waals surface area contributed by atoms with Gasteiger partial charge in [0.1, 0.15) is 0 Å². The Balaban J connectivity index is 1.38. The van der Waals surface area contributed by atoms with Crippen LogP contribution in [0.2, 0.25) is 0 Å². The van der Waals surface area contributed by atoms with Gasteiger partial charge in [0.05, 0.1) is 0 Å². The van der Waals surface area contributed by atoms with Gasteiger partial charge < -0.3 is 0 Å². The largest absolute Gasteiger partial charge is 0.135 e. The second kappa shape index (κ2) is 6.58. The van der Waals surface area contributed by atoms with Crippen LogP contribution in [-0.2, 0) is 5.41 Å². The Hall–Kier alpha value is -2.42. The van der Waals surface area contributed by atoms with Gasteiger partial charge in [0.25, 0.3) is 0 Å². The molecule has 0 saturated heterocycles. The van der Waals surface area contributed by atoms with Crippen LogP contribution < -0.4 is 0 Å². The van der Waals surface area contributed by atoms with Crippen LogP contribution in [0, 0.1) is 11.8 Å². The van der Waals surface area contributed by atoms with E-state index in [-0.39, 0.29) is 5.41 Å². The zero-order chi connectivity index (χ0) is 21.7. The zero-order valence-corrected chi connectivity index (χ0v) is 20.7. The molecule has 3 atom stereocenters. The fourth-order valence-corrected chi connectivity index (χ4v) is 9.30. The summed E-state index contributed by atoms with van der Waals surface area (Å²) in [5.41, 5.74) is 9.19. The van der Waals surface area contributed by atoms with E-state index >= 15 is 0 Å². The molecule has 3 unspecified atom stereocenters. The van der Waals surface area contributed by atoms with Crippen molar-refractivity contribution in [2.45, 2.75) is 31.1 Å². The van der Waals surface area contributed by atoms with Crippen molar-refractivity contribution in [1.29, 1.82) is 0 Å². The first-order valence-corrected chi connectivity index (χ1v) is 13.7. The summed E-state index contributed by atoms with van der Waals surface area (Å²) in [6.07, 6.45) is 5.59. The lowest BCUT2D eigenvalue weighted by molar-refractivity contribution is 0.327. The molecule has 4 aromatic carbocycles. The summed E-state index contributed by atoms with van der Waals surface area (Å²) in [6.45, 7) is 0. The predicted molar refractivity (Wildman–Crippen MR) is 144 cm³/mol. The summed E-state index contributed by atoms with van der Waals surface area (Å²) < 4.78 is 3.87. The van der Waals surface area contributed by atoms with Gasteiger partial charge in [-0.15, -0.1) is 11.3 Å². The van der Waals surface area contributed by atoms with Crippen molar-refractivity contribution in [3.63, 3.8) is 0 Å². The van der Waals surface area contributed by atoms with Gasteiger partial charge in [0.2, 0.25) is 0 Å². The second-order valence-electron chi connectivity index (χ2n) is 10.3. The average Bonchev–Trinajstić information content (AvgIpc) is 3.60. The Morgan fingerprint density at radius 2 is 1.55 bits per heavy atom. The van der Waals surface area contributed by atoms with Crippen molar-refractivity contribution < 1.29 is 0 Å². The van der Waals surface area contributed by atoms with E-state index < -0.39 is 0 Å². The highest BCUT2D eigenvalue weighted by molar-refractivity contribution is 9.10. The van der Waals surface area contributed by atoms with E-state index in [1.807, 2.05) is 11.3 Å². The first-order valence-electron chi connectivity index (χ1n) is 12.1. The molecule has 1 spiro atoms. The van der Waals surface area contributed by atoms with Crippen molar-refractivity contribution in [3.8, 4) is 22.3 Å². The van der Waals surface area contributed by atoms with Crippen LogP contribution >= 0.6 is 27.3 Å². The molecule has 1 heterocycles. The van der Waals surface area contributed by atoms with Crippen molar-refractivity contribution in [3.05, 3.63) is 94.5 Å². The molecule has 0 N–H and O–H groups in total. The molecule has 0 radical (unpaired) electrons. The summed E-state index contributed by atoms with van der Waals surface area (Å²) in [4.78, 5) is 0. The van der Waals surface area contributed by atoms with E-state index in [2.05, 4.69) is 94.8 Å². The van der Waals surface area contributed by atoms with E-state index in [0.29, 0.717) is 0 Å². The van der Waals surface area contributed by atoms with E-state index in [1.165, 1.54) is 68.1 Å². The summed E-state index contributed by atoms with van der Waals surface area (Å²) in [5.74, 6) is 1.72. The van der Waals surface area contributed by atoms with Crippen LogP contribution in [0.3, 0.4) is 0 Å². The minimum atomic E-state index is 0.249. The molecule has 1 aromatic heterocycles. The third-order valence-corrected chi connectivity index (χ3v) is 10.4. The van der Waals surface area contributed by atoms with Crippen molar-refractivity contribution in [2.24, 2.45) is 11.8 Å². The van der Waals surface area contributed by atoms with Crippen LogP contribution in [-0.4, -0.2) is 0 Å². The molecule has 0 nitrogen and oxygen atoms in total. The number of hydrogen-bond acceptors (Lipinski definition) is 1. The van der Waals surface area contributed by atoms with Crippen LogP contribution in [0.4, 0.5) is 0 Å². The number of fused-ring (bicyclic) bond motifs is 11. The maximum atomic E-state index is 3.64. The lowest BCUT2D eigenvalue weighted by atomic mass is 9.66. The van der Waals surface area contributed by atoms with Gasteiger partial charge in [-0.05, 0) is 82.7 Å². The SMILES string of the molecule is Brc1ccc2c(c1)sc1cc(-c3cccc4c3-c3ccccc3C43CC4CCC3C4)ccc12. The summed E-state index contributed by atoms with van der Waals surface area (Å²) >= 11 is 5.54. The first-order chi connectivity index (χ1) is 16.2. The number of thiophene rings is 1. The minimum absolute atomic E-state index is 0.249. The summed E-state index contributed by atoms with van der Waals surface area (Å²) in [7, 11) is 0. The van der Waals surface area contributed by atoms with Gasteiger partial charge in [-0.25, -0.2) is 0 Å². The molecule has 2 heteroatoms. The summed E-state index contributed by atoms with van der Waals surface area (Å²) in [6, 6.07) is 30.2. The first kappa shape index (κ1) is 18.9. The standard InChI is InChI=1S/C31H23BrS/c32-21-11-13-24-23-12-9-19(15-28(23)33-29(24)16-21)22-5-3-7-27-30(22)25-4-1-2-6-26(25)31(27)17-18-8-10-20(31)14-18/h1-7,9,11-13,15-16,18,20H,8,10,14,17H2. The molecule has 3 aliphatic carbocycles. The Kier molecular flexibility index (Phi) is 3.78. The molecular weight excluding hydrogens is 484 g/mol. The highest BCUT2D eigenvalue weighted by Crippen LogP contribution is 2.66. The molecule has 2 saturated carbocycles. The monoisotopic (exact) mass is 506 g/mol. The van der Waals surface area contributed by atoms with Gasteiger partial charge >= 0.3 is 0 Å². The molecule has 2 bridgehead atoms. The van der Waals surface area contributed by atoms with E-state index in [1.54, 1.807) is 11.1 Å². The normalized spacial score (nSPS) is 24.8. The van der Waals surface area contributed by atoms with E-state index in [9.17, 15) is 0 Å². The van der Waals surface area contributed by atoms with E-state index in [4.69, 9.17) is 0 Å². The van der Waals surface area contributed by atoms with Crippen LogP contribution in [0.15, 0.2) is 83.3 Å². The molecule has 8 rings (SSSR count). The van der Waals surface area contributed by atoms with Crippen molar-refractivity contribution in [1.82, 2.24) is 0 Å². The zero-order valence-electron chi connectivity index (χ0n) is 18.3. The third kappa shape index (κ3) is 2.41. The van der Waals surface area contributed by atoms with Gasteiger partial charge in [0.15, 0.2) is 0 Å². The molecule has 5 aromatic rings. The topological polar surface area (TPSA) is 0 Å². The molecule has 3 aliphatic rings. The highest BCUT2D eigenvalue weighted by atomic mass is 79.9. The number of benzene rings is 4. The predicted octanol–water partition coefficient (Wildman–Crippen LogP) is 9.57. The lowest BCUT2D eigenvalue weighted by Gasteiger charge is -2.36. The number of hydrogen-bond donors (Lipinski definition) is 0. The minimum Gasteiger partial charge on any atom is -0.135 e. The quantitative estimate of drug-likeness (QED) is 0.212. The third-order valence-electron chi connectivity index (χ3n) is 8.82. The van der Waals surface area contributed by atoms with Gasteiger partial charge in [-0.3, -0.25) is 0 Å². The van der Waals surface area contributed by atoms with Gasteiger partial charge in [-0.2, -0.15) is 0 Å². The average molecular weight is 507 g/mol. The van der Waals surface area contributed by atoms with Gasteiger partial charge in [-0.1, -0.05) is 83.0 Å². The maximum absolute atomic E-state index is 3.64. The number of halogens is 1. The fourth-order valence-electron chi connectivity index (χ4n) is 7.60. The number of rotatable bonds is 1. The molecule has 0 amide bonds. The fraction of sp³-hybridized carbons (Fsp3) is 0.226. The Morgan fingerprint density at radius 1 is 0.758 bits per heavy atom. The maximum Gasteiger partial charge on any atom is 0.0366 e. The molecule has 33 heavy (non-hydrogen) atoms. The Morgan fingerprint density at radius 3 is 2.39 bits per heavy atom. The van der Waals surface area contributed by atoms with Crippen LogP contribution in [0.25, 0.3) is 42.4 Å². The van der Waals surface area contributed by atoms with Gasteiger partial charge in [0, 0.05) is 30.1 Å². The Labute approximate surface area is 206 Å². The van der Waals surface area contributed by atoms with Crippen LogP contribution in [0.5, 0.6) is 0 Å². The summed E-state index contributed by atoms with van der Waals surface area (Å²) in [5, 5.41) is 2.72.